The zero-order valence-electron chi connectivity index (χ0n) is 11.5. The van der Waals surface area contributed by atoms with Crippen LogP contribution in [0.15, 0.2) is 33.5 Å². The molecule has 4 heteroatoms. The first-order valence-corrected chi connectivity index (χ1v) is 6.13. The Morgan fingerprint density at radius 3 is 2.53 bits per heavy atom. The summed E-state index contributed by atoms with van der Waals surface area (Å²) >= 11 is 0. The van der Waals surface area contributed by atoms with Crippen LogP contribution >= 0.6 is 0 Å². The molecule has 0 aliphatic heterocycles. The standard InChI is InChI=1S/C15H17NO3/c1-9-7-13(17)19-12-8-10(5-6-11(9)12)16-14(18)15(2,3)4/h5-8H,1-4H3,(H,16,18). The zero-order valence-corrected chi connectivity index (χ0v) is 11.5. The third-order valence-corrected chi connectivity index (χ3v) is 2.89. The molecule has 1 aromatic heterocycles. The Morgan fingerprint density at radius 2 is 1.89 bits per heavy atom. The van der Waals surface area contributed by atoms with Gasteiger partial charge in [0.2, 0.25) is 5.91 Å². The van der Waals surface area contributed by atoms with Gasteiger partial charge in [-0.2, -0.15) is 0 Å². The Morgan fingerprint density at radius 1 is 1.21 bits per heavy atom. The highest BCUT2D eigenvalue weighted by Crippen LogP contribution is 2.22. The summed E-state index contributed by atoms with van der Waals surface area (Å²) in [5.74, 6) is -0.0816. The Kier molecular flexibility index (Phi) is 3.18. The smallest absolute Gasteiger partial charge is 0.336 e. The first-order valence-electron chi connectivity index (χ1n) is 6.13. The Bertz CT molecular complexity index is 693. The minimum atomic E-state index is -0.470. The summed E-state index contributed by atoms with van der Waals surface area (Å²) in [4.78, 5) is 23.2. The molecule has 19 heavy (non-hydrogen) atoms. The molecular weight excluding hydrogens is 242 g/mol. The van der Waals surface area contributed by atoms with Gasteiger partial charge < -0.3 is 9.73 Å². The normalized spacial score (nSPS) is 11.6. The first kappa shape index (κ1) is 13.3. The van der Waals surface area contributed by atoms with Crippen LogP contribution in [-0.4, -0.2) is 5.91 Å². The van der Waals surface area contributed by atoms with Crippen molar-refractivity contribution in [3.63, 3.8) is 0 Å². The van der Waals surface area contributed by atoms with Gasteiger partial charge in [-0.25, -0.2) is 4.79 Å². The van der Waals surface area contributed by atoms with Crippen LogP contribution in [-0.2, 0) is 4.79 Å². The third kappa shape index (κ3) is 2.84. The van der Waals surface area contributed by atoms with Gasteiger partial charge in [0.1, 0.15) is 5.58 Å². The highest BCUT2D eigenvalue weighted by atomic mass is 16.4. The van der Waals surface area contributed by atoms with Crippen molar-refractivity contribution in [3.05, 3.63) is 40.2 Å². The van der Waals surface area contributed by atoms with Crippen molar-refractivity contribution in [1.29, 1.82) is 0 Å². The maximum atomic E-state index is 11.9. The molecule has 1 aromatic carbocycles. The van der Waals surface area contributed by atoms with Gasteiger partial charge in [0.15, 0.2) is 0 Å². The average molecular weight is 259 g/mol. The molecule has 4 nitrogen and oxygen atoms in total. The lowest BCUT2D eigenvalue weighted by molar-refractivity contribution is -0.123. The average Bonchev–Trinajstić information content (AvgIpc) is 2.26. The lowest BCUT2D eigenvalue weighted by Crippen LogP contribution is -2.27. The fourth-order valence-electron chi connectivity index (χ4n) is 1.72. The summed E-state index contributed by atoms with van der Waals surface area (Å²) in [5, 5.41) is 3.68. The van der Waals surface area contributed by atoms with Crippen LogP contribution in [0, 0.1) is 12.3 Å². The van der Waals surface area contributed by atoms with E-state index in [2.05, 4.69) is 5.32 Å². The zero-order chi connectivity index (χ0) is 14.2. The maximum absolute atomic E-state index is 11.9. The van der Waals surface area contributed by atoms with E-state index < -0.39 is 5.41 Å². The first-order chi connectivity index (χ1) is 8.77. The van der Waals surface area contributed by atoms with Crippen molar-refractivity contribution in [1.82, 2.24) is 0 Å². The van der Waals surface area contributed by atoms with Crippen LogP contribution in [0.5, 0.6) is 0 Å². The molecule has 0 bridgehead atoms. The van der Waals surface area contributed by atoms with Gasteiger partial charge in [-0.1, -0.05) is 20.8 Å². The SMILES string of the molecule is Cc1cc(=O)oc2cc(NC(=O)C(C)(C)C)ccc12. The van der Waals surface area contributed by atoms with Crippen molar-refractivity contribution in [3.8, 4) is 0 Å². The van der Waals surface area contributed by atoms with E-state index in [-0.39, 0.29) is 11.5 Å². The van der Waals surface area contributed by atoms with E-state index in [0.717, 1.165) is 10.9 Å². The number of carbonyl (C=O) groups excluding carboxylic acids is 1. The molecule has 100 valence electrons. The summed E-state index contributed by atoms with van der Waals surface area (Å²) in [6.45, 7) is 7.38. The second kappa shape index (κ2) is 4.53. The highest BCUT2D eigenvalue weighted by molar-refractivity contribution is 5.96. The number of amides is 1. The van der Waals surface area contributed by atoms with Gasteiger partial charge in [0.25, 0.3) is 0 Å². The minimum Gasteiger partial charge on any atom is -0.423 e. The van der Waals surface area contributed by atoms with Gasteiger partial charge in [-0.3, -0.25) is 4.79 Å². The molecule has 2 rings (SSSR count). The number of benzene rings is 1. The van der Waals surface area contributed by atoms with Crippen LogP contribution < -0.4 is 10.9 Å². The number of hydrogen-bond acceptors (Lipinski definition) is 3. The van der Waals surface area contributed by atoms with Crippen molar-refractivity contribution in [2.24, 2.45) is 5.41 Å². The largest absolute Gasteiger partial charge is 0.423 e. The lowest BCUT2D eigenvalue weighted by Gasteiger charge is -2.17. The molecule has 2 aromatic rings. The third-order valence-electron chi connectivity index (χ3n) is 2.89. The maximum Gasteiger partial charge on any atom is 0.336 e. The second-order valence-electron chi connectivity index (χ2n) is 5.66. The fraction of sp³-hybridized carbons (Fsp3) is 0.333. The van der Waals surface area contributed by atoms with E-state index in [0.29, 0.717) is 11.3 Å². The molecule has 0 spiro atoms. The molecule has 0 radical (unpaired) electrons. The number of rotatable bonds is 1. The number of carbonyl (C=O) groups is 1. The van der Waals surface area contributed by atoms with Gasteiger partial charge in [-0.05, 0) is 24.6 Å². The van der Waals surface area contributed by atoms with Gasteiger partial charge in [-0.15, -0.1) is 0 Å². The number of fused-ring (bicyclic) bond motifs is 1. The molecule has 0 saturated carbocycles. The number of nitrogens with one attached hydrogen (secondary N) is 1. The molecule has 1 amide bonds. The second-order valence-corrected chi connectivity index (χ2v) is 5.66. The van der Waals surface area contributed by atoms with E-state index >= 15 is 0 Å². The lowest BCUT2D eigenvalue weighted by atomic mass is 9.95. The van der Waals surface area contributed by atoms with Crippen LogP contribution in [0.2, 0.25) is 0 Å². The Hall–Kier alpha value is -2.10. The topological polar surface area (TPSA) is 59.3 Å². The number of anilines is 1. The molecule has 1 heterocycles. The summed E-state index contributed by atoms with van der Waals surface area (Å²) in [7, 11) is 0. The van der Waals surface area contributed by atoms with Gasteiger partial charge in [0, 0.05) is 28.6 Å². The summed E-state index contributed by atoms with van der Waals surface area (Å²) < 4.78 is 5.14. The molecular formula is C15H17NO3. The Balaban J connectivity index is 2.42. The van der Waals surface area contributed by atoms with E-state index in [1.165, 1.54) is 6.07 Å². The van der Waals surface area contributed by atoms with Crippen LogP contribution in [0.3, 0.4) is 0 Å². The van der Waals surface area contributed by atoms with E-state index in [1.54, 1.807) is 12.1 Å². The van der Waals surface area contributed by atoms with Crippen molar-refractivity contribution in [2.75, 3.05) is 5.32 Å². The molecule has 1 N–H and O–H groups in total. The van der Waals surface area contributed by atoms with Gasteiger partial charge in [0.05, 0.1) is 0 Å². The summed E-state index contributed by atoms with van der Waals surface area (Å²) in [5.41, 5.74) is 1.12. The molecule has 0 aliphatic carbocycles. The van der Waals surface area contributed by atoms with Gasteiger partial charge >= 0.3 is 5.63 Å². The summed E-state index contributed by atoms with van der Waals surface area (Å²) in [6, 6.07) is 6.77. The van der Waals surface area contributed by atoms with E-state index in [1.807, 2.05) is 33.8 Å². The van der Waals surface area contributed by atoms with Crippen molar-refractivity contribution < 1.29 is 9.21 Å². The van der Waals surface area contributed by atoms with E-state index in [4.69, 9.17) is 4.42 Å². The Labute approximate surface area is 111 Å². The van der Waals surface area contributed by atoms with Crippen molar-refractivity contribution in [2.45, 2.75) is 27.7 Å². The number of hydrogen-bond donors (Lipinski definition) is 1. The molecule has 0 fully saturated rings. The predicted octanol–water partition coefficient (Wildman–Crippen LogP) is 3.09. The summed E-state index contributed by atoms with van der Waals surface area (Å²) in [6.07, 6.45) is 0. The number of aryl methyl sites for hydroxylation is 1. The van der Waals surface area contributed by atoms with Crippen LogP contribution in [0.1, 0.15) is 26.3 Å². The van der Waals surface area contributed by atoms with Crippen molar-refractivity contribution >= 4 is 22.6 Å². The highest BCUT2D eigenvalue weighted by Gasteiger charge is 2.21. The molecule has 0 saturated heterocycles. The predicted molar refractivity (Wildman–Crippen MR) is 75.3 cm³/mol. The van der Waals surface area contributed by atoms with Crippen LogP contribution in [0.4, 0.5) is 5.69 Å². The van der Waals surface area contributed by atoms with E-state index in [9.17, 15) is 9.59 Å². The fourth-order valence-corrected chi connectivity index (χ4v) is 1.72. The van der Waals surface area contributed by atoms with Crippen LogP contribution in [0.25, 0.3) is 11.0 Å². The monoisotopic (exact) mass is 259 g/mol. The molecule has 0 aliphatic rings. The quantitative estimate of drug-likeness (QED) is 0.800. The minimum absolute atomic E-state index is 0.0816. The molecule has 0 unspecified atom stereocenters. The molecule has 0 atom stereocenters.